The van der Waals surface area contributed by atoms with Crippen molar-refractivity contribution in [2.75, 3.05) is 0 Å². The maximum absolute atomic E-state index is 8.91. The first kappa shape index (κ1) is 15.7. The Balaban J connectivity index is -0.0000000800. The Kier molecular flexibility index (Phi) is 11.3. The Morgan fingerprint density at radius 3 is 1.14 bits per heavy atom. The minimum absolute atomic E-state index is 0. The van der Waals surface area contributed by atoms with Gasteiger partial charge in [0, 0.05) is 0 Å². The first-order chi connectivity index (χ1) is 2.00. The molecule has 0 saturated heterocycles. The minimum Gasteiger partial charge on any atom is -1.00 e. The standard InChI is InChI=1S/FH.H3O4Si.Pb/c;1-5(2,3)4;/h1H;1-3H;/q;-1;+2/p-1. The van der Waals surface area contributed by atoms with Crippen LogP contribution in [0.1, 0.15) is 0 Å². The van der Waals surface area contributed by atoms with Gasteiger partial charge in [-0.25, -0.2) is 0 Å². The van der Waals surface area contributed by atoms with Crippen molar-refractivity contribution in [3.8, 4) is 0 Å². The summed E-state index contributed by atoms with van der Waals surface area (Å²) >= 11 is 0. The van der Waals surface area contributed by atoms with Crippen LogP contribution in [0.2, 0.25) is 0 Å². The summed E-state index contributed by atoms with van der Waals surface area (Å²) in [4.78, 5) is 30.6. The summed E-state index contributed by atoms with van der Waals surface area (Å²) in [5.74, 6) is 0. The third kappa shape index (κ3) is 202. The van der Waals surface area contributed by atoms with E-state index in [1.165, 1.54) is 0 Å². The molecule has 7 heteroatoms. The molecule has 4 nitrogen and oxygen atoms in total. The summed E-state index contributed by atoms with van der Waals surface area (Å²) < 4.78 is 0. The molecule has 0 saturated carbocycles. The molecule has 0 aliphatic heterocycles. The second-order valence-electron chi connectivity index (χ2n) is 0.574. The van der Waals surface area contributed by atoms with E-state index >= 15 is 0 Å². The molecule has 0 heterocycles. The average molecular weight is 321 g/mol. The van der Waals surface area contributed by atoms with Gasteiger partial charge in [-0.05, 0) is 0 Å². The Labute approximate surface area is 60.4 Å². The molecule has 0 aromatic heterocycles. The fraction of sp³-hybridized carbons (Fsp3) is 0. The van der Waals surface area contributed by atoms with Gasteiger partial charge in [0.2, 0.25) is 0 Å². The number of halogens is 1. The molecule has 0 aliphatic carbocycles. The van der Waals surface area contributed by atoms with Gasteiger partial charge in [0.25, 0.3) is 0 Å². The summed E-state index contributed by atoms with van der Waals surface area (Å²) in [6.07, 6.45) is 0. The van der Waals surface area contributed by atoms with E-state index < -0.39 is 9.05 Å². The van der Waals surface area contributed by atoms with E-state index in [2.05, 4.69) is 0 Å². The first-order valence-corrected chi connectivity index (χ1v) is 2.62. The van der Waals surface area contributed by atoms with E-state index in [4.69, 9.17) is 19.2 Å². The maximum Gasteiger partial charge on any atom is 2.00 e. The van der Waals surface area contributed by atoms with E-state index in [1.807, 2.05) is 0 Å². The van der Waals surface area contributed by atoms with Gasteiger partial charge in [-0.2, -0.15) is 0 Å². The molecule has 0 bridgehead atoms. The van der Waals surface area contributed by atoms with Gasteiger partial charge in [0.15, 0.2) is 0 Å². The van der Waals surface area contributed by atoms with Crippen molar-refractivity contribution in [1.29, 1.82) is 0 Å². The zero-order valence-electron chi connectivity index (χ0n) is 3.13. The smallest absolute Gasteiger partial charge is 1.00 e. The molecule has 0 aliphatic rings. The molecule has 0 rings (SSSR count). The van der Waals surface area contributed by atoms with E-state index in [1.54, 1.807) is 0 Å². The molecule has 0 aromatic rings. The molecule has 0 fully saturated rings. The average Bonchev–Trinajstić information content (AvgIpc) is 0.722. The molecule has 2 radical (unpaired) electrons. The van der Waals surface area contributed by atoms with Crippen molar-refractivity contribution < 1.29 is 23.9 Å². The molecule has 0 atom stereocenters. The second-order valence-corrected chi connectivity index (χ2v) is 1.72. The Bertz CT molecular complexity index is 27.2. The third-order valence-corrected chi connectivity index (χ3v) is 0. The second kappa shape index (κ2) is 5.05. The predicted molar refractivity (Wildman–Crippen MR) is 18.2 cm³/mol. The zero-order valence-corrected chi connectivity index (χ0v) is 8.02. The van der Waals surface area contributed by atoms with Crippen molar-refractivity contribution in [1.82, 2.24) is 0 Å². The van der Waals surface area contributed by atoms with Crippen LogP contribution in [0.5, 0.6) is 0 Å². The van der Waals surface area contributed by atoms with Crippen LogP contribution < -0.4 is 9.50 Å². The molecule has 7 heavy (non-hydrogen) atoms. The van der Waals surface area contributed by atoms with Gasteiger partial charge in [-0.1, -0.05) is 0 Å². The molecule has 0 spiro atoms. The van der Waals surface area contributed by atoms with Gasteiger partial charge in [0.1, 0.15) is 0 Å². The fourth-order valence-electron chi connectivity index (χ4n) is 0. The van der Waals surface area contributed by atoms with Gasteiger partial charge in [-0.3, -0.25) is 0 Å². The summed E-state index contributed by atoms with van der Waals surface area (Å²) in [5.41, 5.74) is 0. The van der Waals surface area contributed by atoms with Crippen LogP contribution >= 0.6 is 0 Å². The van der Waals surface area contributed by atoms with Crippen molar-refractivity contribution in [3.63, 3.8) is 0 Å². The van der Waals surface area contributed by atoms with E-state index in [9.17, 15) is 0 Å². The molecule has 0 aromatic carbocycles. The van der Waals surface area contributed by atoms with Crippen molar-refractivity contribution in [3.05, 3.63) is 0 Å². The van der Waals surface area contributed by atoms with Gasteiger partial charge >= 0.3 is 36.3 Å². The topological polar surface area (TPSA) is 83.8 Å². The largest absolute Gasteiger partial charge is 2.00 e. The molecule has 3 N–H and O–H groups in total. The van der Waals surface area contributed by atoms with Gasteiger partial charge in [0.05, 0.1) is 0 Å². The van der Waals surface area contributed by atoms with Gasteiger partial charge < -0.3 is 23.9 Å². The first-order valence-electron chi connectivity index (χ1n) is 0.875. The van der Waals surface area contributed by atoms with Crippen molar-refractivity contribution in [2.24, 2.45) is 0 Å². The van der Waals surface area contributed by atoms with Gasteiger partial charge in [-0.15, -0.1) is 0 Å². The summed E-state index contributed by atoms with van der Waals surface area (Å²) in [6, 6.07) is 0. The molecular formula is H3FO4PbSi. The molecule has 0 unspecified atom stereocenters. The normalized spacial score (nSPS) is 8.57. The van der Waals surface area contributed by atoms with Crippen molar-refractivity contribution in [2.45, 2.75) is 0 Å². The number of rotatable bonds is 0. The monoisotopic (exact) mass is 322 g/mol. The summed E-state index contributed by atoms with van der Waals surface area (Å²) in [6.45, 7) is 0. The predicted octanol–water partition coefficient (Wildman–Crippen LogP) is -6.62. The van der Waals surface area contributed by atoms with Crippen LogP contribution in [0.25, 0.3) is 0 Å². The van der Waals surface area contributed by atoms with Crippen LogP contribution in [-0.2, 0) is 0 Å². The quantitative estimate of drug-likeness (QED) is 0.388. The molecular weight excluding hydrogens is 318 g/mol. The van der Waals surface area contributed by atoms with E-state index in [0.29, 0.717) is 0 Å². The van der Waals surface area contributed by atoms with Crippen molar-refractivity contribution >= 4 is 36.3 Å². The summed E-state index contributed by atoms with van der Waals surface area (Å²) in [5, 5.41) is 0. The van der Waals surface area contributed by atoms with Crippen LogP contribution in [0.4, 0.5) is 0 Å². The van der Waals surface area contributed by atoms with Crippen LogP contribution in [0.3, 0.4) is 0 Å². The van der Waals surface area contributed by atoms with Crippen LogP contribution in [0.15, 0.2) is 0 Å². The number of hydrogen-bond acceptors (Lipinski definition) is 4. The van der Waals surface area contributed by atoms with E-state index in [-0.39, 0.29) is 32.0 Å². The Morgan fingerprint density at radius 1 is 1.14 bits per heavy atom. The minimum atomic E-state index is -4.86. The Hall–Kier alpha value is 0.909. The fourth-order valence-corrected chi connectivity index (χ4v) is 0. The van der Waals surface area contributed by atoms with Crippen LogP contribution in [0, 0.1) is 0 Å². The number of hydrogen-bond donors (Lipinski definition) is 3. The summed E-state index contributed by atoms with van der Waals surface area (Å²) in [7, 11) is -4.86. The van der Waals surface area contributed by atoms with Crippen LogP contribution in [-0.4, -0.2) is 50.7 Å². The molecule has 0 amide bonds. The zero-order chi connectivity index (χ0) is 4.50. The molecule has 42 valence electrons. The maximum atomic E-state index is 8.91. The Morgan fingerprint density at radius 2 is 1.14 bits per heavy atom. The SMILES string of the molecule is [F-].[O-][Si](O)(O)O.[Pb+2]. The van der Waals surface area contributed by atoms with E-state index in [0.717, 1.165) is 0 Å². The third-order valence-electron chi connectivity index (χ3n) is 0.